The van der Waals surface area contributed by atoms with Gasteiger partial charge in [0.1, 0.15) is 0 Å². The number of nitrogens with zero attached hydrogens (tertiary/aromatic N) is 1. The maximum absolute atomic E-state index is 4.47. The van der Waals surface area contributed by atoms with E-state index < -0.39 is 0 Å². The molecule has 14 heavy (non-hydrogen) atoms. The molecule has 1 aromatic carbocycles. The predicted molar refractivity (Wildman–Crippen MR) is 61.6 cm³/mol. The number of aliphatic imine (C=N–C) groups is 1. The molecular weight excluding hydrogens is 170 g/mol. The molecule has 0 radical (unpaired) electrons. The number of aryl methyl sites for hydroxylation is 1. The van der Waals surface area contributed by atoms with Crippen molar-refractivity contribution in [3.63, 3.8) is 0 Å². The summed E-state index contributed by atoms with van der Waals surface area (Å²) < 4.78 is 0. The van der Waals surface area contributed by atoms with E-state index in [4.69, 9.17) is 0 Å². The molecule has 0 bridgehead atoms. The first-order valence-corrected chi connectivity index (χ1v) is 5.46. The minimum atomic E-state index is 0.575. The van der Waals surface area contributed by atoms with Crippen molar-refractivity contribution in [2.24, 2.45) is 4.99 Å². The van der Waals surface area contributed by atoms with E-state index in [9.17, 15) is 0 Å². The Labute approximate surface area is 85.9 Å². The molecule has 1 heterocycles. The van der Waals surface area contributed by atoms with Crippen molar-refractivity contribution in [3.05, 3.63) is 29.3 Å². The van der Waals surface area contributed by atoms with Crippen molar-refractivity contribution in [2.75, 3.05) is 0 Å². The lowest BCUT2D eigenvalue weighted by molar-refractivity contribution is 0.696. The lowest BCUT2D eigenvalue weighted by atomic mass is 9.95. The third kappa shape index (κ3) is 1.72. The Balaban J connectivity index is 2.18. The zero-order valence-corrected chi connectivity index (χ0v) is 8.96. The molecule has 0 spiro atoms. The summed E-state index contributed by atoms with van der Waals surface area (Å²) in [5, 5.41) is 0. The van der Waals surface area contributed by atoms with E-state index >= 15 is 0 Å². The van der Waals surface area contributed by atoms with Gasteiger partial charge in [-0.25, -0.2) is 0 Å². The average Bonchev–Trinajstić information content (AvgIpc) is 2.57. The Morgan fingerprint density at radius 1 is 1.36 bits per heavy atom. The van der Waals surface area contributed by atoms with Crippen LogP contribution in [0.5, 0.6) is 0 Å². The van der Waals surface area contributed by atoms with E-state index in [0.717, 1.165) is 0 Å². The van der Waals surface area contributed by atoms with Crippen LogP contribution >= 0.6 is 0 Å². The van der Waals surface area contributed by atoms with Crippen molar-refractivity contribution in [1.82, 2.24) is 0 Å². The monoisotopic (exact) mass is 187 g/mol. The summed E-state index contributed by atoms with van der Waals surface area (Å²) >= 11 is 0. The Bertz CT molecular complexity index is 352. The normalized spacial score (nSPS) is 18.6. The van der Waals surface area contributed by atoms with Gasteiger partial charge in [0.2, 0.25) is 0 Å². The van der Waals surface area contributed by atoms with Crippen molar-refractivity contribution in [1.29, 1.82) is 0 Å². The molecule has 0 amide bonds. The van der Waals surface area contributed by atoms with E-state index in [2.05, 4.69) is 43.3 Å². The first-order chi connectivity index (χ1) is 6.81. The van der Waals surface area contributed by atoms with Crippen molar-refractivity contribution in [3.8, 4) is 0 Å². The van der Waals surface area contributed by atoms with Gasteiger partial charge in [-0.2, -0.15) is 0 Å². The summed E-state index contributed by atoms with van der Waals surface area (Å²) in [4.78, 5) is 4.47. The topological polar surface area (TPSA) is 12.4 Å². The third-order valence-electron chi connectivity index (χ3n) is 2.85. The highest BCUT2D eigenvalue weighted by Crippen LogP contribution is 2.35. The van der Waals surface area contributed by atoms with Crippen LogP contribution in [-0.4, -0.2) is 6.21 Å². The number of rotatable bonds is 3. The summed E-state index contributed by atoms with van der Waals surface area (Å²) in [7, 11) is 0. The zero-order chi connectivity index (χ0) is 9.97. The molecule has 74 valence electrons. The minimum absolute atomic E-state index is 0.575. The molecule has 0 unspecified atom stereocenters. The number of benzene rings is 1. The Kier molecular flexibility index (Phi) is 2.67. The van der Waals surface area contributed by atoms with Crippen LogP contribution in [0.15, 0.2) is 23.2 Å². The van der Waals surface area contributed by atoms with Crippen molar-refractivity contribution >= 4 is 11.9 Å². The number of hydrogen-bond donors (Lipinski definition) is 0. The van der Waals surface area contributed by atoms with Crippen LogP contribution < -0.4 is 0 Å². The quantitative estimate of drug-likeness (QED) is 0.678. The first kappa shape index (κ1) is 9.45. The smallest absolute Gasteiger partial charge is 0.0667 e. The van der Waals surface area contributed by atoms with Crippen molar-refractivity contribution < 1.29 is 0 Å². The highest BCUT2D eigenvalue weighted by atomic mass is 14.8. The van der Waals surface area contributed by atoms with Gasteiger partial charge in [-0.3, -0.25) is 4.99 Å². The fraction of sp³-hybridized carbons (Fsp3) is 0.462. The molecule has 0 aromatic heterocycles. The van der Waals surface area contributed by atoms with Crippen molar-refractivity contribution in [2.45, 2.75) is 39.0 Å². The second-order valence-corrected chi connectivity index (χ2v) is 4.09. The Morgan fingerprint density at radius 3 is 3.00 bits per heavy atom. The largest absolute Gasteiger partial charge is 0.260 e. The number of fused-ring (bicyclic) bond motifs is 1. The molecule has 1 aliphatic rings. The first-order valence-electron chi connectivity index (χ1n) is 5.46. The summed E-state index contributed by atoms with van der Waals surface area (Å²) in [5.41, 5.74) is 3.91. The van der Waals surface area contributed by atoms with Crippen LogP contribution in [0, 0.1) is 6.92 Å². The molecule has 1 aliphatic heterocycles. The second-order valence-electron chi connectivity index (χ2n) is 4.09. The van der Waals surface area contributed by atoms with Gasteiger partial charge in [0, 0.05) is 12.1 Å². The second kappa shape index (κ2) is 3.95. The maximum Gasteiger partial charge on any atom is 0.0667 e. The van der Waals surface area contributed by atoms with E-state index in [1.54, 1.807) is 0 Å². The van der Waals surface area contributed by atoms with Gasteiger partial charge in [-0.1, -0.05) is 31.9 Å². The SMILES string of the molecule is CCCC[C@H]1C=Nc2cc(C)ccc21. The van der Waals surface area contributed by atoms with Crippen LogP contribution in [-0.2, 0) is 0 Å². The van der Waals surface area contributed by atoms with Crippen LogP contribution in [0.2, 0.25) is 0 Å². The maximum atomic E-state index is 4.47. The molecule has 0 N–H and O–H groups in total. The summed E-state index contributed by atoms with van der Waals surface area (Å²) in [6.45, 7) is 4.36. The average molecular weight is 187 g/mol. The minimum Gasteiger partial charge on any atom is -0.260 e. The molecule has 2 rings (SSSR count). The lowest BCUT2D eigenvalue weighted by Crippen LogP contribution is -1.95. The molecule has 0 saturated heterocycles. The molecular formula is C13H17N. The predicted octanol–water partition coefficient (Wildman–Crippen LogP) is 3.98. The Hall–Kier alpha value is -1.11. The molecule has 1 heteroatoms. The molecule has 0 aliphatic carbocycles. The van der Waals surface area contributed by atoms with E-state index in [0.29, 0.717) is 5.92 Å². The van der Waals surface area contributed by atoms with Crippen LogP contribution in [0.4, 0.5) is 5.69 Å². The van der Waals surface area contributed by atoms with Crippen LogP contribution in [0.1, 0.15) is 43.2 Å². The van der Waals surface area contributed by atoms with Gasteiger partial charge in [-0.15, -0.1) is 0 Å². The summed E-state index contributed by atoms with van der Waals surface area (Å²) in [6.07, 6.45) is 5.92. The molecule has 0 fully saturated rings. The molecule has 1 aromatic rings. The highest BCUT2D eigenvalue weighted by molar-refractivity contribution is 5.80. The van der Waals surface area contributed by atoms with E-state index in [-0.39, 0.29) is 0 Å². The third-order valence-corrected chi connectivity index (χ3v) is 2.85. The molecule has 1 atom stereocenters. The number of hydrogen-bond acceptors (Lipinski definition) is 1. The van der Waals surface area contributed by atoms with E-state index in [1.165, 1.54) is 36.1 Å². The summed E-state index contributed by atoms with van der Waals surface area (Å²) in [6, 6.07) is 6.60. The van der Waals surface area contributed by atoms with Gasteiger partial charge >= 0.3 is 0 Å². The fourth-order valence-electron chi connectivity index (χ4n) is 1.98. The Morgan fingerprint density at radius 2 is 2.21 bits per heavy atom. The number of unbranched alkanes of at least 4 members (excludes halogenated alkanes) is 1. The molecule has 1 nitrogen and oxygen atoms in total. The van der Waals surface area contributed by atoms with Gasteiger partial charge in [0.15, 0.2) is 0 Å². The van der Waals surface area contributed by atoms with Gasteiger partial charge in [0.05, 0.1) is 5.69 Å². The lowest BCUT2D eigenvalue weighted by Gasteiger charge is -2.08. The standard InChI is InChI=1S/C13H17N/c1-3-4-5-11-9-14-13-8-10(2)6-7-12(11)13/h6-9,11H,3-5H2,1-2H3/t11-/m0/s1. The van der Waals surface area contributed by atoms with Gasteiger partial charge in [-0.05, 0) is 30.5 Å². The van der Waals surface area contributed by atoms with E-state index in [1.807, 2.05) is 0 Å². The molecule has 0 saturated carbocycles. The highest BCUT2D eigenvalue weighted by Gasteiger charge is 2.17. The van der Waals surface area contributed by atoms with Crippen LogP contribution in [0.3, 0.4) is 0 Å². The summed E-state index contributed by atoms with van der Waals surface area (Å²) in [5.74, 6) is 0.575. The van der Waals surface area contributed by atoms with Gasteiger partial charge < -0.3 is 0 Å². The fourth-order valence-corrected chi connectivity index (χ4v) is 1.98. The zero-order valence-electron chi connectivity index (χ0n) is 8.96. The van der Waals surface area contributed by atoms with Gasteiger partial charge in [0.25, 0.3) is 0 Å². The van der Waals surface area contributed by atoms with Crippen LogP contribution in [0.25, 0.3) is 0 Å².